The second kappa shape index (κ2) is 7.15. The molecule has 10 heteroatoms. The van der Waals surface area contributed by atoms with Crippen molar-refractivity contribution in [1.82, 2.24) is 14.1 Å². The third-order valence-electron chi connectivity index (χ3n) is 2.97. The number of hydrogen-bond donors (Lipinski definition) is 3. The molecule has 0 aliphatic carbocycles. The monoisotopic (exact) mass is 411 g/mol. The summed E-state index contributed by atoms with van der Waals surface area (Å²) in [6.45, 7) is -0.292. The first kappa shape index (κ1) is 17.8. The van der Waals surface area contributed by atoms with E-state index in [1.54, 1.807) is 29.6 Å². The van der Waals surface area contributed by atoms with Gasteiger partial charge in [-0.05, 0) is 0 Å². The minimum Gasteiger partial charge on any atom is -1.00 e. The summed E-state index contributed by atoms with van der Waals surface area (Å²) in [5, 5.41) is 17.9. The van der Waals surface area contributed by atoms with Crippen LogP contribution in [0.2, 0.25) is 0 Å². The lowest BCUT2D eigenvalue weighted by atomic mass is 10.4. The number of hydrogen-bond acceptors (Lipinski definition) is 6. The van der Waals surface area contributed by atoms with Gasteiger partial charge in [-0.2, -0.15) is 0 Å². The predicted molar refractivity (Wildman–Crippen MR) is 69.6 cm³/mol. The number of ether oxygens (including phenoxy) is 1. The van der Waals surface area contributed by atoms with Crippen LogP contribution in [0.3, 0.4) is 0 Å². The Labute approximate surface area is 137 Å². The lowest BCUT2D eigenvalue weighted by molar-refractivity contribution is -0.711. The second-order valence-corrected chi connectivity index (χ2v) is 4.54. The van der Waals surface area contributed by atoms with Crippen LogP contribution < -0.4 is 39.8 Å². The number of fused-ring (bicyclic) bond motifs is 1. The van der Waals surface area contributed by atoms with Gasteiger partial charge in [0.2, 0.25) is 5.52 Å². The molecule has 0 amide bonds. The normalized spacial score (nSPS) is 12.4. The van der Waals surface area contributed by atoms with Crippen molar-refractivity contribution in [2.45, 2.75) is 12.8 Å². The van der Waals surface area contributed by atoms with Crippen molar-refractivity contribution in [1.29, 1.82) is 0 Å². The van der Waals surface area contributed by atoms with Crippen LogP contribution in [0.15, 0.2) is 11.1 Å². The standard InChI is InChI=1S/C11H17N5O4.HI/c1-14-5-16(6-20-4-7(18)3-17)9-8(14)10(19)15(2)11(12)13-9;/h5,7,17-18H,3-4,6H2,1-2H3,(H-,12,13,19);1H. The van der Waals surface area contributed by atoms with Gasteiger partial charge in [-0.25, -0.2) is 4.57 Å². The molecular formula is C11H18IN5O4. The van der Waals surface area contributed by atoms with Crippen molar-refractivity contribution in [3.63, 3.8) is 0 Å². The number of aryl methyl sites for hydroxylation is 1. The van der Waals surface area contributed by atoms with E-state index >= 15 is 0 Å². The zero-order valence-corrected chi connectivity index (χ0v) is 13.9. The minimum atomic E-state index is -0.934. The van der Waals surface area contributed by atoms with E-state index in [1.165, 1.54) is 4.57 Å². The number of aromatic nitrogens is 4. The number of halogens is 1. The van der Waals surface area contributed by atoms with Gasteiger partial charge in [0.25, 0.3) is 5.95 Å². The zero-order valence-electron chi connectivity index (χ0n) is 11.7. The smallest absolute Gasteiger partial charge is 0.313 e. The molecule has 21 heavy (non-hydrogen) atoms. The summed E-state index contributed by atoms with van der Waals surface area (Å²) in [4.78, 5) is 16.3. The first-order chi connectivity index (χ1) is 9.45. The maximum atomic E-state index is 12.1. The molecule has 0 saturated carbocycles. The van der Waals surface area contributed by atoms with Crippen LogP contribution in [-0.4, -0.2) is 43.6 Å². The van der Waals surface area contributed by atoms with Crippen molar-refractivity contribution in [3.05, 3.63) is 16.7 Å². The number of aliphatic hydroxyl groups is 2. The lowest BCUT2D eigenvalue weighted by Gasteiger charge is -2.06. The van der Waals surface area contributed by atoms with E-state index in [4.69, 9.17) is 15.6 Å². The summed E-state index contributed by atoms with van der Waals surface area (Å²) >= 11 is 0. The number of nitrogen functional groups attached to an aromatic ring is 1. The Kier molecular flexibility index (Phi) is 6.07. The molecular weight excluding hydrogens is 393 g/mol. The van der Waals surface area contributed by atoms with Crippen LogP contribution in [-0.2, 0) is 25.6 Å². The number of nitrogens with zero attached hydrogens (tertiary/aromatic N) is 4. The van der Waals surface area contributed by atoms with Crippen LogP contribution in [0, 0.1) is 0 Å². The Morgan fingerprint density at radius 3 is 2.81 bits per heavy atom. The molecule has 1 unspecified atom stereocenters. The van der Waals surface area contributed by atoms with Gasteiger partial charge < -0.3 is 44.7 Å². The number of nitrogens with two attached hydrogens (primary N) is 1. The Morgan fingerprint density at radius 2 is 2.19 bits per heavy atom. The summed E-state index contributed by atoms with van der Waals surface area (Å²) in [5.74, 6) is 0.109. The average Bonchev–Trinajstić information content (AvgIpc) is 2.72. The van der Waals surface area contributed by atoms with Gasteiger partial charge >= 0.3 is 11.2 Å². The van der Waals surface area contributed by atoms with Crippen molar-refractivity contribution in [2.24, 2.45) is 14.1 Å². The van der Waals surface area contributed by atoms with E-state index in [-0.39, 0.29) is 55.4 Å². The van der Waals surface area contributed by atoms with E-state index in [0.29, 0.717) is 11.2 Å². The third-order valence-corrected chi connectivity index (χ3v) is 2.97. The summed E-state index contributed by atoms with van der Waals surface area (Å²) < 4.78 is 9.76. The highest BCUT2D eigenvalue weighted by Gasteiger charge is 2.21. The molecule has 0 fully saturated rings. The first-order valence-corrected chi connectivity index (χ1v) is 6.03. The summed E-state index contributed by atoms with van der Waals surface area (Å²) in [6, 6.07) is 0. The average molecular weight is 411 g/mol. The lowest BCUT2D eigenvalue weighted by Crippen LogP contribution is -3.00. The van der Waals surface area contributed by atoms with E-state index in [0.717, 1.165) is 0 Å². The molecule has 0 aliphatic heterocycles. The quantitative estimate of drug-likeness (QED) is 0.334. The van der Waals surface area contributed by atoms with Crippen LogP contribution in [0.1, 0.15) is 0 Å². The van der Waals surface area contributed by atoms with Gasteiger partial charge in [0, 0.05) is 7.05 Å². The van der Waals surface area contributed by atoms with Crippen molar-refractivity contribution in [3.8, 4) is 0 Å². The summed E-state index contributed by atoms with van der Waals surface area (Å²) in [7, 11) is 3.27. The molecule has 118 valence electrons. The SMILES string of the molecule is Cn1c(N)nc2c(c1=O)n(C)c[n+]2COCC(O)CO.[I-]. The van der Waals surface area contributed by atoms with Crippen LogP contribution >= 0.6 is 0 Å². The molecule has 0 saturated heterocycles. The maximum Gasteiger partial charge on any atom is 0.313 e. The van der Waals surface area contributed by atoms with Gasteiger partial charge in [0.05, 0.1) is 20.3 Å². The molecule has 9 nitrogen and oxygen atoms in total. The Hall–Kier alpha value is -1.24. The largest absolute Gasteiger partial charge is 1.00 e. The van der Waals surface area contributed by atoms with E-state index < -0.39 is 6.10 Å². The number of rotatable bonds is 5. The molecule has 0 radical (unpaired) electrons. The highest BCUT2D eigenvalue weighted by atomic mass is 127. The second-order valence-electron chi connectivity index (χ2n) is 4.54. The van der Waals surface area contributed by atoms with E-state index in [1.807, 2.05) is 0 Å². The molecule has 0 aliphatic rings. The fourth-order valence-corrected chi connectivity index (χ4v) is 1.86. The Balaban J connectivity index is 0.00000220. The minimum absolute atomic E-state index is 0. The molecule has 4 N–H and O–H groups in total. The van der Waals surface area contributed by atoms with E-state index in [9.17, 15) is 9.90 Å². The molecule has 2 aromatic rings. The molecule has 0 spiro atoms. The molecule has 2 heterocycles. The summed E-state index contributed by atoms with van der Waals surface area (Å²) in [5.41, 5.74) is 6.25. The van der Waals surface area contributed by atoms with Crippen LogP contribution in [0.5, 0.6) is 0 Å². The van der Waals surface area contributed by atoms with E-state index in [2.05, 4.69) is 4.98 Å². The van der Waals surface area contributed by atoms with Crippen molar-refractivity contribution < 1.29 is 43.5 Å². The highest BCUT2D eigenvalue weighted by molar-refractivity contribution is 5.67. The number of aliphatic hydroxyl groups excluding tert-OH is 2. The van der Waals surface area contributed by atoms with Gasteiger partial charge in [-0.3, -0.25) is 13.9 Å². The fraction of sp³-hybridized carbons (Fsp3) is 0.545. The maximum absolute atomic E-state index is 12.1. The fourth-order valence-electron chi connectivity index (χ4n) is 1.86. The van der Waals surface area contributed by atoms with Gasteiger partial charge in [-0.1, -0.05) is 4.98 Å². The highest BCUT2D eigenvalue weighted by Crippen LogP contribution is 2.04. The first-order valence-electron chi connectivity index (χ1n) is 6.03. The molecule has 2 aromatic heterocycles. The number of anilines is 1. The zero-order chi connectivity index (χ0) is 14.9. The number of imidazole rings is 1. The molecule has 2 rings (SSSR count). The van der Waals surface area contributed by atoms with Crippen LogP contribution in [0.4, 0.5) is 5.95 Å². The topological polar surface area (TPSA) is 119 Å². The summed E-state index contributed by atoms with van der Waals surface area (Å²) in [6.07, 6.45) is 0.723. The molecule has 0 bridgehead atoms. The Bertz CT molecular complexity index is 683. The predicted octanol–water partition coefficient (Wildman–Crippen LogP) is -5.53. The van der Waals surface area contributed by atoms with Gasteiger partial charge in [0.1, 0.15) is 6.10 Å². The van der Waals surface area contributed by atoms with Gasteiger partial charge in [0.15, 0.2) is 13.1 Å². The van der Waals surface area contributed by atoms with Crippen LogP contribution in [0.25, 0.3) is 11.2 Å². The Morgan fingerprint density at radius 1 is 1.52 bits per heavy atom. The van der Waals surface area contributed by atoms with Crippen molar-refractivity contribution >= 4 is 17.1 Å². The molecule has 1 atom stereocenters. The third kappa shape index (κ3) is 3.51. The molecule has 0 aromatic carbocycles. The van der Waals surface area contributed by atoms with Crippen molar-refractivity contribution in [2.75, 3.05) is 18.9 Å². The van der Waals surface area contributed by atoms with Gasteiger partial charge in [-0.15, -0.1) is 0 Å².